The fraction of sp³-hybridized carbons (Fsp3) is 0.538. The quantitative estimate of drug-likeness (QED) is 0.0620. The van der Waals surface area contributed by atoms with Crippen LogP contribution in [-0.2, 0) is 65.6 Å². The summed E-state index contributed by atoms with van der Waals surface area (Å²) < 4.78 is 149. The van der Waals surface area contributed by atoms with Crippen molar-refractivity contribution < 1.29 is 70.7 Å². The van der Waals surface area contributed by atoms with Gasteiger partial charge >= 0.3 is 0 Å². The average Bonchev–Trinajstić information content (AvgIpc) is 3.49. The van der Waals surface area contributed by atoms with Crippen molar-refractivity contribution in [2.24, 2.45) is 0 Å². The largest absolute Gasteiger partial charge is 0.382 e. The van der Waals surface area contributed by atoms with Crippen molar-refractivity contribution in [2.75, 3.05) is 56.4 Å². The van der Waals surface area contributed by atoms with Crippen LogP contribution in [0, 0.1) is 0 Å². The minimum atomic E-state index is -4.66. The lowest BCUT2D eigenvalue weighted by atomic mass is 9.75. The summed E-state index contributed by atoms with van der Waals surface area (Å²) in [4.78, 5) is 12.8. The summed E-state index contributed by atoms with van der Waals surface area (Å²) in [5.41, 5.74) is 1.15. The van der Waals surface area contributed by atoms with Gasteiger partial charge in [-0.05, 0) is 101 Å². The Morgan fingerprint density at radius 1 is 0.750 bits per heavy atom. The third kappa shape index (κ3) is 12.6. The van der Waals surface area contributed by atoms with Crippen LogP contribution in [-0.4, -0.2) is 119 Å². The number of ether oxygens (including phenoxy) is 2. The lowest BCUT2D eigenvalue weighted by Gasteiger charge is -2.30. The minimum absolute atomic E-state index is 0.0240. The Bertz CT molecular complexity index is 2460. The first-order valence-corrected chi connectivity index (χ1v) is 25.4. The summed E-state index contributed by atoms with van der Waals surface area (Å²) in [6.07, 6.45) is 7.77. The molecule has 2 aliphatic rings. The highest BCUT2D eigenvalue weighted by Gasteiger charge is 2.48. The number of anilines is 1. The number of fused-ring (bicyclic) bond motifs is 2. The lowest BCUT2D eigenvalue weighted by molar-refractivity contribution is -0.438. The number of Topliss-reactive ketones (excluding diaryl/α,β-unsaturated/α-hetero) is 1. The number of ketones is 1. The molecule has 0 spiro atoms. The Hall–Kier alpha value is -3.38. The fourth-order valence-electron chi connectivity index (χ4n) is 8.06. The summed E-state index contributed by atoms with van der Waals surface area (Å²) in [6.45, 7) is 6.56. The van der Waals surface area contributed by atoms with E-state index < -0.39 is 62.8 Å². The van der Waals surface area contributed by atoms with E-state index in [0.29, 0.717) is 72.7 Å². The van der Waals surface area contributed by atoms with Crippen molar-refractivity contribution in [3.63, 3.8) is 0 Å². The van der Waals surface area contributed by atoms with Crippen LogP contribution in [0.4, 0.5) is 11.4 Å². The van der Waals surface area contributed by atoms with E-state index in [1.54, 1.807) is 38.1 Å². The van der Waals surface area contributed by atoms with Gasteiger partial charge < -0.3 is 19.2 Å². The van der Waals surface area contributed by atoms with Crippen LogP contribution >= 0.6 is 0 Å². The zero-order chi connectivity index (χ0) is 44.7. The van der Waals surface area contributed by atoms with Gasteiger partial charge in [-0.1, -0.05) is 6.08 Å². The Labute approximate surface area is 353 Å². The fourth-order valence-corrected chi connectivity index (χ4v) is 10.1. The number of allylic oxidation sites excluding steroid dienone is 4. The maximum absolute atomic E-state index is 12.3. The summed E-state index contributed by atoms with van der Waals surface area (Å²) in [5.74, 6) is -1.10. The molecule has 2 heterocycles. The van der Waals surface area contributed by atoms with Gasteiger partial charge in [0.1, 0.15) is 12.3 Å². The molecule has 2 aliphatic heterocycles. The molecule has 0 amide bonds. The monoisotopic (exact) mass is 919 g/mol. The third-order valence-electron chi connectivity index (χ3n) is 11.0. The van der Waals surface area contributed by atoms with Crippen molar-refractivity contribution >= 4 is 63.3 Å². The van der Waals surface area contributed by atoms with Gasteiger partial charge in [-0.2, -0.15) is 38.2 Å². The summed E-state index contributed by atoms with van der Waals surface area (Å²) in [5, 5.41) is 0. The van der Waals surface area contributed by atoms with Gasteiger partial charge in [0.2, 0.25) is 5.69 Å². The van der Waals surface area contributed by atoms with E-state index in [1.165, 1.54) is 44.4 Å². The molecule has 0 saturated heterocycles. The zero-order valence-corrected chi connectivity index (χ0v) is 37.4. The third-order valence-corrected chi connectivity index (χ3v) is 14.3. The molecule has 2 atom stereocenters. The molecule has 4 rings (SSSR count). The van der Waals surface area contributed by atoms with Crippen LogP contribution in [0.2, 0.25) is 0 Å². The first-order valence-electron chi connectivity index (χ1n) is 19.3. The second kappa shape index (κ2) is 19.8. The molecule has 0 fully saturated rings. The molecule has 60 heavy (non-hydrogen) atoms. The van der Waals surface area contributed by atoms with Crippen LogP contribution < -0.4 is 4.90 Å². The molecule has 2 aromatic carbocycles. The van der Waals surface area contributed by atoms with Gasteiger partial charge in [0.25, 0.3) is 40.5 Å². The number of methoxy groups -OCH3 is 1. The number of nitrogens with zero attached hydrogens (tertiary/aromatic N) is 2. The Morgan fingerprint density at radius 2 is 1.33 bits per heavy atom. The van der Waals surface area contributed by atoms with Gasteiger partial charge in [0.05, 0.1) is 46.5 Å². The molecule has 334 valence electrons. The number of benzene rings is 2. The van der Waals surface area contributed by atoms with Crippen molar-refractivity contribution in [3.05, 3.63) is 71.5 Å². The topological polar surface area (TPSA) is 259 Å². The van der Waals surface area contributed by atoms with Crippen molar-refractivity contribution in [1.29, 1.82) is 0 Å². The van der Waals surface area contributed by atoms with E-state index in [9.17, 15) is 56.7 Å². The van der Waals surface area contributed by atoms with Crippen molar-refractivity contribution in [1.82, 2.24) is 0 Å². The van der Waals surface area contributed by atoms with Gasteiger partial charge in [0, 0.05) is 61.0 Å². The van der Waals surface area contributed by atoms with E-state index in [-0.39, 0.29) is 61.0 Å². The van der Waals surface area contributed by atoms with E-state index >= 15 is 0 Å². The molecule has 0 aliphatic carbocycles. The van der Waals surface area contributed by atoms with E-state index in [0.717, 1.165) is 0 Å². The Morgan fingerprint density at radius 3 is 1.90 bits per heavy atom. The number of unbranched alkanes of at least 4 members (excludes halogenated alkanes) is 2. The van der Waals surface area contributed by atoms with Gasteiger partial charge in [0.15, 0.2) is 5.71 Å². The van der Waals surface area contributed by atoms with Crippen LogP contribution in [0.3, 0.4) is 0 Å². The van der Waals surface area contributed by atoms with Crippen LogP contribution in [0.15, 0.2) is 70.1 Å². The van der Waals surface area contributed by atoms with Gasteiger partial charge in [-0.15, -0.1) is 0 Å². The number of hydrogen-bond donors (Lipinski definition) is 4. The van der Waals surface area contributed by atoms with Gasteiger partial charge in [-0.25, -0.2) is 0 Å². The molecule has 4 N–H and O–H groups in total. The predicted octanol–water partition coefficient (Wildman–Crippen LogP) is 4.90. The van der Waals surface area contributed by atoms with E-state index in [1.807, 2.05) is 9.48 Å². The molecule has 0 saturated carbocycles. The van der Waals surface area contributed by atoms with Crippen molar-refractivity contribution in [2.45, 2.75) is 92.8 Å². The smallest absolute Gasteiger partial charge is 0.294 e. The molecule has 2 unspecified atom stereocenters. The molecule has 0 aromatic heterocycles. The highest BCUT2D eigenvalue weighted by molar-refractivity contribution is 7.86. The average molecular weight is 920 g/mol. The normalized spacial score (nSPS) is 20.4. The first kappa shape index (κ1) is 49.3. The number of rotatable bonds is 24. The van der Waals surface area contributed by atoms with Crippen LogP contribution in [0.5, 0.6) is 0 Å². The summed E-state index contributed by atoms with van der Waals surface area (Å²) in [6, 6.07) is 8.30. The van der Waals surface area contributed by atoms with Crippen molar-refractivity contribution in [3.8, 4) is 0 Å². The number of carbonyl (C=O) groups is 1. The molecule has 0 bridgehead atoms. The summed E-state index contributed by atoms with van der Waals surface area (Å²) >= 11 is 0. The molecular formula is C39H55N2O15S4+. The molecule has 17 nitrogen and oxygen atoms in total. The molecule has 21 heteroatoms. The maximum atomic E-state index is 12.3. The first-order chi connectivity index (χ1) is 27.8. The standard InChI is InChI=1S/C39H54N2O15S4/c1-29(42)11-6-5-7-20-40-34-16-14-30(59(49,50)51)27-32(34)38(2,18-9-25-57(43,44)45)36(40)12-8-13-37-39(3,19-10-26-58(46,47)48)33-28-31(60(52,53)54)15-17-35(33)41(37)21-22-56-24-23-55-4/h8,12-17,27-28H,5-7,9-11,18-26H2,1-4H3,(H3-,43,44,45,46,47,48,49,50,51,52,53,54)/p+1. The predicted molar refractivity (Wildman–Crippen MR) is 225 cm³/mol. The highest BCUT2D eigenvalue weighted by Crippen LogP contribution is 2.51. The van der Waals surface area contributed by atoms with Crippen LogP contribution in [0.1, 0.15) is 83.3 Å². The maximum Gasteiger partial charge on any atom is 0.294 e. The number of carbonyl (C=O) groups excluding carboxylic acids is 1. The number of hydrogen-bond acceptors (Lipinski definition) is 12. The zero-order valence-electron chi connectivity index (χ0n) is 34.1. The second-order valence-electron chi connectivity index (χ2n) is 15.5. The second-order valence-corrected chi connectivity index (χ2v) is 21.5. The minimum Gasteiger partial charge on any atom is -0.382 e. The molecular weight excluding hydrogens is 865 g/mol. The van der Waals surface area contributed by atoms with E-state index in [2.05, 4.69) is 0 Å². The SMILES string of the molecule is COCCOCCN1/C(=C/C=C/C2=[N+](CCCCCC(C)=O)c3ccc(S(=O)(=O)O)cc3C2(C)CCCS(=O)(=O)O)C(C)(CCCS(=O)(=O)O)c2cc(S(=O)(=O)O)ccc21. The Balaban J connectivity index is 1.93. The lowest BCUT2D eigenvalue weighted by Crippen LogP contribution is -2.32. The molecule has 0 radical (unpaired) electrons. The highest BCUT2D eigenvalue weighted by atomic mass is 32.2. The Kier molecular flexibility index (Phi) is 16.2. The summed E-state index contributed by atoms with van der Waals surface area (Å²) in [7, 11) is -16.5. The van der Waals surface area contributed by atoms with Crippen LogP contribution in [0.25, 0.3) is 0 Å². The molecule has 2 aromatic rings. The van der Waals surface area contributed by atoms with Gasteiger partial charge in [-0.3, -0.25) is 18.2 Å². The van der Waals surface area contributed by atoms with E-state index in [4.69, 9.17) is 9.47 Å².